The van der Waals surface area contributed by atoms with Crippen molar-refractivity contribution >= 4 is 17.6 Å². The summed E-state index contributed by atoms with van der Waals surface area (Å²) in [6, 6.07) is 10.8. The third kappa shape index (κ3) is 1.58. The quantitative estimate of drug-likeness (QED) is 0.701. The van der Waals surface area contributed by atoms with Crippen LogP contribution in [0.2, 0.25) is 0 Å². The van der Waals surface area contributed by atoms with E-state index in [-0.39, 0.29) is 16.9 Å². The molecule has 1 unspecified atom stereocenters. The molecule has 0 saturated heterocycles. The van der Waals surface area contributed by atoms with Gasteiger partial charge in [0, 0.05) is 23.7 Å². The van der Waals surface area contributed by atoms with Crippen LogP contribution in [0.1, 0.15) is 31.8 Å². The number of carbonyl (C=O) groups excluding carboxylic acids is 3. The van der Waals surface area contributed by atoms with Crippen molar-refractivity contribution in [2.24, 2.45) is 0 Å². The van der Waals surface area contributed by atoms with Crippen LogP contribution in [0.15, 0.2) is 54.6 Å². The number of imide groups is 1. The Labute approximate surface area is 137 Å². The lowest BCUT2D eigenvalue weighted by Crippen LogP contribution is -2.54. The fraction of sp³-hybridized carbons (Fsp3) is 0.105. The van der Waals surface area contributed by atoms with Crippen LogP contribution in [-0.4, -0.2) is 29.5 Å². The Bertz CT molecular complexity index is 963. The van der Waals surface area contributed by atoms with Gasteiger partial charge in [-0.2, -0.15) is 0 Å². The van der Waals surface area contributed by atoms with Crippen LogP contribution in [-0.2, 0) is 10.2 Å². The molecule has 2 aromatic carbocycles. The minimum Gasteiger partial charge on any atom is -0.289 e. The van der Waals surface area contributed by atoms with Crippen LogP contribution >= 0.6 is 0 Å². The first-order valence-electron chi connectivity index (χ1n) is 7.43. The predicted octanol–water partition coefficient (Wildman–Crippen LogP) is 2.48. The summed E-state index contributed by atoms with van der Waals surface area (Å²) in [7, 11) is 1.37. The second-order valence-electron chi connectivity index (χ2n) is 5.88. The van der Waals surface area contributed by atoms with Crippen LogP contribution in [0.3, 0.4) is 0 Å². The van der Waals surface area contributed by atoms with E-state index in [1.807, 2.05) is 0 Å². The highest BCUT2D eigenvalue weighted by molar-refractivity contribution is 6.19. The van der Waals surface area contributed by atoms with Crippen molar-refractivity contribution in [3.8, 4) is 0 Å². The lowest BCUT2D eigenvalue weighted by Gasteiger charge is -2.41. The number of nitrogens with zero attached hydrogens (tertiary/aromatic N) is 1. The molecule has 118 valence electrons. The number of amides is 2. The number of benzene rings is 2. The third-order valence-electron chi connectivity index (χ3n) is 4.69. The standard InChI is InChI=1S/C19H12FNO3/c1-21-17(23)11-5-2-3-7-13(11)19(18(21)24)10-9-15(22)12-6-4-8-14(20)16(12)19/h2-10H,1H3. The van der Waals surface area contributed by atoms with Crippen LogP contribution in [0.5, 0.6) is 0 Å². The Kier molecular flexibility index (Phi) is 2.85. The predicted molar refractivity (Wildman–Crippen MR) is 84.2 cm³/mol. The first-order chi connectivity index (χ1) is 11.5. The van der Waals surface area contributed by atoms with E-state index in [2.05, 4.69) is 0 Å². The summed E-state index contributed by atoms with van der Waals surface area (Å²) in [5, 5.41) is 0. The molecule has 1 heterocycles. The highest BCUT2D eigenvalue weighted by atomic mass is 19.1. The summed E-state index contributed by atoms with van der Waals surface area (Å²) in [6.45, 7) is 0. The Balaban J connectivity index is 2.17. The molecule has 4 nitrogen and oxygen atoms in total. The maximum atomic E-state index is 14.7. The van der Waals surface area contributed by atoms with Gasteiger partial charge in [0.05, 0.1) is 0 Å². The number of rotatable bonds is 0. The number of halogens is 1. The van der Waals surface area contributed by atoms with Gasteiger partial charge in [0.25, 0.3) is 5.91 Å². The van der Waals surface area contributed by atoms with E-state index >= 15 is 0 Å². The molecular weight excluding hydrogens is 309 g/mol. The molecule has 5 heteroatoms. The van der Waals surface area contributed by atoms with Gasteiger partial charge in [-0.25, -0.2) is 4.39 Å². The highest BCUT2D eigenvalue weighted by Gasteiger charge is 2.53. The second-order valence-corrected chi connectivity index (χ2v) is 5.88. The van der Waals surface area contributed by atoms with Gasteiger partial charge in [-0.15, -0.1) is 0 Å². The van der Waals surface area contributed by atoms with Gasteiger partial charge in [0.2, 0.25) is 5.91 Å². The molecule has 1 aliphatic carbocycles. The van der Waals surface area contributed by atoms with E-state index in [1.165, 1.54) is 37.4 Å². The summed E-state index contributed by atoms with van der Waals surface area (Å²) in [4.78, 5) is 38.7. The van der Waals surface area contributed by atoms with Gasteiger partial charge in [0.15, 0.2) is 5.78 Å². The van der Waals surface area contributed by atoms with E-state index in [0.717, 1.165) is 4.90 Å². The van der Waals surface area contributed by atoms with E-state index in [1.54, 1.807) is 24.3 Å². The average molecular weight is 321 g/mol. The monoisotopic (exact) mass is 321 g/mol. The molecule has 4 rings (SSSR count). The Morgan fingerprint density at radius 2 is 1.67 bits per heavy atom. The van der Waals surface area contributed by atoms with Crippen molar-refractivity contribution in [3.05, 3.63) is 82.7 Å². The highest BCUT2D eigenvalue weighted by Crippen LogP contribution is 2.45. The first-order valence-corrected chi connectivity index (χ1v) is 7.43. The summed E-state index contributed by atoms with van der Waals surface area (Å²) >= 11 is 0. The summed E-state index contributed by atoms with van der Waals surface area (Å²) in [5.41, 5.74) is -0.632. The minimum atomic E-state index is -1.51. The van der Waals surface area contributed by atoms with Gasteiger partial charge in [-0.05, 0) is 23.8 Å². The molecule has 0 aromatic heterocycles. The van der Waals surface area contributed by atoms with Gasteiger partial charge in [-0.1, -0.05) is 36.4 Å². The number of ketones is 1. The summed E-state index contributed by atoms with van der Waals surface area (Å²) in [6.07, 6.45) is 2.69. The molecule has 0 saturated carbocycles. The third-order valence-corrected chi connectivity index (χ3v) is 4.69. The molecule has 24 heavy (non-hydrogen) atoms. The van der Waals surface area contributed by atoms with Crippen molar-refractivity contribution in [1.29, 1.82) is 0 Å². The Hall–Kier alpha value is -3.08. The summed E-state index contributed by atoms with van der Waals surface area (Å²) in [5.74, 6) is -2.01. The van der Waals surface area contributed by atoms with Gasteiger partial charge in [0.1, 0.15) is 11.2 Å². The van der Waals surface area contributed by atoms with Gasteiger partial charge < -0.3 is 0 Å². The smallest absolute Gasteiger partial charge is 0.260 e. The van der Waals surface area contributed by atoms with E-state index < -0.39 is 23.0 Å². The number of hydrogen-bond acceptors (Lipinski definition) is 3. The number of allylic oxidation sites excluding steroid dienone is 1. The van der Waals surface area contributed by atoms with Gasteiger partial charge >= 0.3 is 0 Å². The normalized spacial score (nSPS) is 21.9. The Morgan fingerprint density at radius 3 is 2.46 bits per heavy atom. The molecule has 1 atom stereocenters. The van der Waals surface area contributed by atoms with E-state index in [0.29, 0.717) is 11.1 Å². The largest absolute Gasteiger partial charge is 0.289 e. The van der Waals surface area contributed by atoms with Crippen molar-refractivity contribution in [3.63, 3.8) is 0 Å². The molecular formula is C19H12FNO3. The van der Waals surface area contributed by atoms with Crippen molar-refractivity contribution < 1.29 is 18.8 Å². The molecule has 0 radical (unpaired) electrons. The fourth-order valence-electron chi connectivity index (χ4n) is 3.57. The first kappa shape index (κ1) is 14.5. The van der Waals surface area contributed by atoms with E-state index in [4.69, 9.17) is 0 Å². The molecule has 1 aliphatic heterocycles. The van der Waals surface area contributed by atoms with Crippen LogP contribution in [0, 0.1) is 5.82 Å². The SMILES string of the molecule is CN1C(=O)c2ccccc2C2(C=CC(=O)c3cccc(F)c32)C1=O. The Morgan fingerprint density at radius 1 is 0.958 bits per heavy atom. The van der Waals surface area contributed by atoms with Crippen LogP contribution < -0.4 is 0 Å². The van der Waals surface area contributed by atoms with E-state index in [9.17, 15) is 18.8 Å². The van der Waals surface area contributed by atoms with Gasteiger partial charge in [-0.3, -0.25) is 19.3 Å². The van der Waals surface area contributed by atoms with Crippen molar-refractivity contribution in [2.45, 2.75) is 5.41 Å². The lowest BCUT2D eigenvalue weighted by molar-refractivity contribution is -0.131. The zero-order valence-corrected chi connectivity index (χ0v) is 12.7. The lowest BCUT2D eigenvalue weighted by atomic mass is 9.65. The second kappa shape index (κ2) is 4.71. The van der Waals surface area contributed by atoms with Crippen molar-refractivity contribution in [2.75, 3.05) is 7.05 Å². The topological polar surface area (TPSA) is 54.5 Å². The molecule has 0 N–H and O–H groups in total. The van der Waals surface area contributed by atoms with Crippen LogP contribution in [0.4, 0.5) is 4.39 Å². The fourth-order valence-corrected chi connectivity index (χ4v) is 3.57. The maximum absolute atomic E-state index is 14.7. The number of likely N-dealkylation sites (N-methyl/N-ethyl adjacent to an activating group) is 1. The molecule has 0 fully saturated rings. The minimum absolute atomic E-state index is 0.00861. The number of fused-ring (bicyclic) bond motifs is 4. The maximum Gasteiger partial charge on any atom is 0.260 e. The van der Waals surface area contributed by atoms with Crippen molar-refractivity contribution in [1.82, 2.24) is 4.90 Å². The molecule has 2 aromatic rings. The molecule has 1 spiro atoms. The molecule has 2 aliphatic rings. The number of carbonyl (C=O) groups is 3. The zero-order valence-electron chi connectivity index (χ0n) is 12.7. The average Bonchev–Trinajstić information content (AvgIpc) is 2.60. The van der Waals surface area contributed by atoms with Crippen LogP contribution in [0.25, 0.3) is 0 Å². The molecule has 0 bridgehead atoms. The number of hydrogen-bond donors (Lipinski definition) is 0. The zero-order chi connectivity index (χ0) is 17.1. The summed E-state index contributed by atoms with van der Waals surface area (Å²) < 4.78 is 14.7. The molecule has 2 amide bonds.